The van der Waals surface area contributed by atoms with Crippen LogP contribution < -0.4 is 15.4 Å². The van der Waals surface area contributed by atoms with E-state index in [2.05, 4.69) is 15.6 Å². The fourth-order valence-electron chi connectivity index (χ4n) is 2.64. The summed E-state index contributed by atoms with van der Waals surface area (Å²) in [5.74, 6) is -3.81. The van der Waals surface area contributed by atoms with Crippen molar-refractivity contribution in [3.05, 3.63) is 53.6 Å². The van der Waals surface area contributed by atoms with E-state index in [-0.39, 0.29) is 12.2 Å². The summed E-state index contributed by atoms with van der Waals surface area (Å²) in [4.78, 5) is 16.3. The average Bonchev–Trinajstić information content (AvgIpc) is 2.98. The minimum atomic E-state index is -1.59. The number of halogens is 3. The molecule has 0 aliphatic heterocycles. The summed E-state index contributed by atoms with van der Waals surface area (Å²) >= 11 is 0. The highest BCUT2D eigenvalue weighted by Crippen LogP contribution is 2.27. The highest BCUT2D eigenvalue weighted by Gasteiger charge is 2.15. The van der Waals surface area contributed by atoms with Crippen molar-refractivity contribution in [2.45, 2.75) is 6.54 Å². The van der Waals surface area contributed by atoms with Gasteiger partial charge in [0.2, 0.25) is 0 Å². The van der Waals surface area contributed by atoms with Gasteiger partial charge in [0.05, 0.1) is 31.0 Å². The summed E-state index contributed by atoms with van der Waals surface area (Å²) < 4.78 is 46.5. The first kappa shape index (κ1) is 17.6. The van der Waals surface area contributed by atoms with Gasteiger partial charge in [-0.15, -0.1) is 0 Å². The van der Waals surface area contributed by atoms with Gasteiger partial charge in [-0.2, -0.15) is 0 Å². The van der Waals surface area contributed by atoms with Crippen LogP contribution >= 0.6 is 0 Å². The summed E-state index contributed by atoms with van der Waals surface area (Å²) in [5, 5.41) is 4.83. The van der Waals surface area contributed by atoms with Crippen LogP contribution in [0.25, 0.3) is 11.0 Å². The van der Waals surface area contributed by atoms with E-state index in [4.69, 9.17) is 4.74 Å². The molecule has 0 unspecified atom stereocenters. The van der Waals surface area contributed by atoms with Crippen molar-refractivity contribution in [2.75, 3.05) is 12.4 Å². The molecule has 0 spiro atoms. The van der Waals surface area contributed by atoms with Gasteiger partial charge in [-0.1, -0.05) is 0 Å². The molecule has 1 heterocycles. The number of hydrogen-bond acceptors (Lipinski definition) is 3. The number of imidazole rings is 1. The zero-order valence-electron chi connectivity index (χ0n) is 13.9. The molecule has 3 rings (SSSR count). The van der Waals surface area contributed by atoms with Gasteiger partial charge in [-0.25, -0.2) is 22.9 Å². The maximum Gasteiger partial charge on any atom is 0.319 e. The minimum Gasteiger partial charge on any atom is -0.496 e. The second-order valence-electron chi connectivity index (χ2n) is 5.53. The number of hydrogen-bond donors (Lipinski definition) is 2. The van der Waals surface area contributed by atoms with Gasteiger partial charge >= 0.3 is 6.03 Å². The van der Waals surface area contributed by atoms with E-state index in [1.54, 1.807) is 23.0 Å². The molecule has 2 N–H and O–H groups in total. The predicted molar refractivity (Wildman–Crippen MR) is 89.4 cm³/mol. The van der Waals surface area contributed by atoms with Crippen LogP contribution in [0.15, 0.2) is 30.6 Å². The smallest absolute Gasteiger partial charge is 0.319 e. The number of fused-ring (bicyclic) bond motifs is 1. The van der Waals surface area contributed by atoms with Gasteiger partial charge in [0.25, 0.3) is 0 Å². The monoisotopic (exact) mass is 364 g/mol. The van der Waals surface area contributed by atoms with Gasteiger partial charge in [0.15, 0.2) is 17.5 Å². The minimum absolute atomic E-state index is 0.0814. The van der Waals surface area contributed by atoms with Gasteiger partial charge in [-0.05, 0) is 12.1 Å². The third-order valence-electron chi connectivity index (χ3n) is 3.83. The second kappa shape index (κ2) is 6.95. The molecular weight excluding hydrogens is 349 g/mol. The lowest BCUT2D eigenvalue weighted by molar-refractivity contribution is 0.251. The molecule has 6 nitrogen and oxygen atoms in total. The zero-order valence-corrected chi connectivity index (χ0v) is 13.9. The summed E-state index contributed by atoms with van der Waals surface area (Å²) in [6.45, 7) is 0.0814. The Balaban J connectivity index is 1.78. The van der Waals surface area contributed by atoms with Crippen molar-refractivity contribution < 1.29 is 22.7 Å². The molecule has 136 valence electrons. The summed E-state index contributed by atoms with van der Waals surface area (Å²) in [6.07, 6.45) is 1.64. The number of carbonyl (C=O) groups is 1. The van der Waals surface area contributed by atoms with Crippen molar-refractivity contribution in [1.29, 1.82) is 0 Å². The summed E-state index contributed by atoms with van der Waals surface area (Å²) in [6, 6.07) is 4.20. The van der Waals surface area contributed by atoms with Crippen molar-refractivity contribution in [2.24, 2.45) is 7.05 Å². The van der Waals surface area contributed by atoms with Gasteiger partial charge < -0.3 is 19.9 Å². The molecule has 1 aromatic heterocycles. The Morgan fingerprint density at radius 2 is 1.92 bits per heavy atom. The molecule has 2 amide bonds. The number of methoxy groups -OCH3 is 1. The van der Waals surface area contributed by atoms with E-state index < -0.39 is 23.5 Å². The third-order valence-corrected chi connectivity index (χ3v) is 3.83. The first-order valence-corrected chi connectivity index (χ1v) is 7.57. The van der Waals surface area contributed by atoms with E-state index >= 15 is 0 Å². The Hall–Kier alpha value is -3.23. The molecule has 9 heteroatoms. The number of nitrogens with zero attached hydrogens (tertiary/aromatic N) is 2. The molecule has 0 aliphatic carbocycles. The summed E-state index contributed by atoms with van der Waals surface area (Å²) in [5.41, 5.74) is 2.00. The molecule has 3 aromatic rings. The fourth-order valence-corrected chi connectivity index (χ4v) is 2.64. The normalized spacial score (nSPS) is 10.8. The average molecular weight is 364 g/mol. The number of carbonyl (C=O) groups excluding carboxylic acids is 1. The van der Waals surface area contributed by atoms with Crippen LogP contribution in [0.1, 0.15) is 5.56 Å². The maximum atomic E-state index is 13.2. The number of aromatic nitrogens is 2. The number of amides is 2. The standard InChI is InChI=1S/C17H15F3N4O2/c1-24-8-22-13-3-4-14(26-2)10(16(13)24)7-21-17(25)23-9-5-11(18)15(20)12(19)6-9/h3-6,8H,7H2,1-2H3,(H2,21,23,25). The van der Waals surface area contributed by atoms with Crippen molar-refractivity contribution in [3.8, 4) is 5.75 Å². The van der Waals surface area contributed by atoms with Crippen LogP contribution in [0.2, 0.25) is 0 Å². The van der Waals surface area contributed by atoms with Crippen LogP contribution in [0.4, 0.5) is 23.7 Å². The molecule has 0 radical (unpaired) electrons. The van der Waals surface area contributed by atoms with E-state index in [0.717, 1.165) is 11.0 Å². The Bertz CT molecular complexity index is 965. The highest BCUT2D eigenvalue weighted by molar-refractivity contribution is 5.90. The first-order valence-electron chi connectivity index (χ1n) is 7.57. The number of anilines is 1. The SMILES string of the molecule is COc1ccc2ncn(C)c2c1CNC(=O)Nc1cc(F)c(F)c(F)c1. The van der Waals surface area contributed by atoms with Crippen LogP contribution in [0.3, 0.4) is 0 Å². The summed E-state index contributed by atoms with van der Waals surface area (Å²) in [7, 11) is 3.31. The van der Waals surface area contributed by atoms with E-state index in [9.17, 15) is 18.0 Å². The van der Waals surface area contributed by atoms with E-state index in [1.165, 1.54) is 7.11 Å². The first-order chi connectivity index (χ1) is 12.4. The molecule has 0 aliphatic rings. The van der Waals surface area contributed by atoms with E-state index in [1.807, 2.05) is 7.05 Å². The molecule has 0 saturated heterocycles. The van der Waals surface area contributed by atoms with Crippen LogP contribution in [-0.2, 0) is 13.6 Å². The van der Waals surface area contributed by atoms with Crippen molar-refractivity contribution in [3.63, 3.8) is 0 Å². The molecule has 0 atom stereocenters. The second-order valence-corrected chi connectivity index (χ2v) is 5.53. The van der Waals surface area contributed by atoms with Crippen LogP contribution in [-0.4, -0.2) is 22.7 Å². The Labute approximate surface area is 146 Å². The van der Waals surface area contributed by atoms with Gasteiger partial charge in [0, 0.05) is 30.4 Å². The molecular formula is C17H15F3N4O2. The van der Waals surface area contributed by atoms with Gasteiger partial charge in [0.1, 0.15) is 5.75 Å². The quantitative estimate of drug-likeness (QED) is 0.698. The van der Waals surface area contributed by atoms with Crippen molar-refractivity contribution in [1.82, 2.24) is 14.9 Å². The highest BCUT2D eigenvalue weighted by atomic mass is 19.2. The van der Waals surface area contributed by atoms with Crippen LogP contribution in [0, 0.1) is 17.5 Å². The fraction of sp³-hybridized carbons (Fsp3) is 0.176. The zero-order chi connectivity index (χ0) is 18.8. The predicted octanol–water partition coefficient (Wildman–Crippen LogP) is 3.32. The number of nitrogens with one attached hydrogen (secondary N) is 2. The lowest BCUT2D eigenvalue weighted by atomic mass is 10.1. The Morgan fingerprint density at radius 1 is 1.23 bits per heavy atom. The molecule has 0 bridgehead atoms. The van der Waals surface area contributed by atoms with Crippen LogP contribution in [0.5, 0.6) is 5.75 Å². The Morgan fingerprint density at radius 3 is 2.58 bits per heavy atom. The Kier molecular flexibility index (Phi) is 4.70. The number of urea groups is 1. The maximum absolute atomic E-state index is 13.2. The molecule has 0 fully saturated rings. The largest absolute Gasteiger partial charge is 0.496 e. The lowest BCUT2D eigenvalue weighted by Gasteiger charge is -2.13. The topological polar surface area (TPSA) is 68.2 Å². The molecule has 0 saturated carbocycles. The third kappa shape index (κ3) is 3.28. The molecule has 26 heavy (non-hydrogen) atoms. The number of ether oxygens (including phenoxy) is 1. The van der Waals surface area contributed by atoms with Gasteiger partial charge in [-0.3, -0.25) is 0 Å². The lowest BCUT2D eigenvalue weighted by Crippen LogP contribution is -2.28. The number of benzene rings is 2. The number of aryl methyl sites for hydroxylation is 1. The van der Waals surface area contributed by atoms with Crippen molar-refractivity contribution >= 4 is 22.8 Å². The van der Waals surface area contributed by atoms with E-state index in [0.29, 0.717) is 23.4 Å². The molecule has 2 aromatic carbocycles. The number of rotatable bonds is 4.